The van der Waals surface area contributed by atoms with E-state index in [9.17, 15) is 0 Å². The maximum Gasteiger partial charge on any atom is 0.126 e. The van der Waals surface area contributed by atoms with Gasteiger partial charge < -0.3 is 10.1 Å². The van der Waals surface area contributed by atoms with E-state index in [0.717, 1.165) is 28.9 Å². The van der Waals surface area contributed by atoms with Crippen LogP contribution in [0.25, 0.3) is 6.08 Å². The summed E-state index contributed by atoms with van der Waals surface area (Å²) in [5, 5.41) is 3.22. The molecule has 0 amide bonds. The number of nitrogens with one attached hydrogen (secondary N) is 1. The van der Waals surface area contributed by atoms with Gasteiger partial charge in [-0.15, -0.1) is 0 Å². The lowest BCUT2D eigenvalue weighted by atomic mass is 10.2. The highest BCUT2D eigenvalue weighted by molar-refractivity contribution is 9.11. The number of rotatable bonds is 6. The van der Waals surface area contributed by atoms with Gasteiger partial charge in [-0.05, 0) is 6.07 Å². The molecule has 0 saturated heterocycles. The first-order chi connectivity index (χ1) is 7.74. The maximum atomic E-state index is 5.25. The summed E-state index contributed by atoms with van der Waals surface area (Å²) in [4.78, 5) is 0. The van der Waals surface area contributed by atoms with E-state index in [1.807, 2.05) is 30.3 Å². The second-order valence-corrected chi connectivity index (χ2v) is 4.41. The fourth-order valence-corrected chi connectivity index (χ4v) is 1.48. The van der Waals surface area contributed by atoms with Gasteiger partial charge in [-0.2, -0.15) is 0 Å². The van der Waals surface area contributed by atoms with E-state index in [4.69, 9.17) is 4.74 Å². The maximum absolute atomic E-state index is 5.25. The normalized spacial score (nSPS) is 10.6. The van der Waals surface area contributed by atoms with Crippen LogP contribution in [0.2, 0.25) is 0 Å². The van der Waals surface area contributed by atoms with Gasteiger partial charge in [0.05, 0.1) is 7.11 Å². The largest absolute Gasteiger partial charge is 0.496 e. The highest BCUT2D eigenvalue weighted by atomic mass is 79.9. The fourth-order valence-electron chi connectivity index (χ4n) is 1.28. The van der Waals surface area contributed by atoms with Gasteiger partial charge in [-0.25, -0.2) is 0 Å². The third-order valence-electron chi connectivity index (χ3n) is 2.02. The van der Waals surface area contributed by atoms with Gasteiger partial charge in [0.15, 0.2) is 0 Å². The Labute approximate surface area is 105 Å². The SMILES string of the molecule is C=C(Br)CNC/C=C/c1ccccc1OC. The molecule has 0 aliphatic carbocycles. The van der Waals surface area contributed by atoms with E-state index in [2.05, 4.69) is 33.9 Å². The Balaban J connectivity index is 2.46. The first-order valence-electron chi connectivity index (χ1n) is 5.07. The third-order valence-corrected chi connectivity index (χ3v) is 2.30. The van der Waals surface area contributed by atoms with E-state index in [1.165, 1.54) is 0 Å². The van der Waals surface area contributed by atoms with Crippen LogP contribution in [0.4, 0.5) is 0 Å². The van der Waals surface area contributed by atoms with Crippen LogP contribution in [0.1, 0.15) is 5.56 Å². The molecule has 1 aromatic carbocycles. The molecule has 0 aliphatic rings. The van der Waals surface area contributed by atoms with Gasteiger partial charge in [0.25, 0.3) is 0 Å². The lowest BCUT2D eigenvalue weighted by Crippen LogP contribution is -2.14. The molecule has 0 aliphatic heterocycles. The molecular weight excluding hydrogens is 266 g/mol. The lowest BCUT2D eigenvalue weighted by molar-refractivity contribution is 0.414. The van der Waals surface area contributed by atoms with Crippen molar-refractivity contribution < 1.29 is 4.74 Å². The molecule has 1 N–H and O–H groups in total. The van der Waals surface area contributed by atoms with E-state index in [-0.39, 0.29) is 0 Å². The van der Waals surface area contributed by atoms with Crippen LogP contribution >= 0.6 is 15.9 Å². The molecule has 0 unspecified atom stereocenters. The molecule has 86 valence electrons. The standard InChI is InChI=1S/C13H16BrNO/c1-11(14)10-15-9-5-7-12-6-3-4-8-13(12)16-2/h3-8,15H,1,9-10H2,2H3/b7-5+. The number of halogens is 1. The van der Waals surface area contributed by atoms with Crippen molar-refractivity contribution in [3.8, 4) is 5.75 Å². The Morgan fingerprint density at radius 3 is 2.94 bits per heavy atom. The van der Waals surface area contributed by atoms with Crippen LogP contribution in [-0.4, -0.2) is 20.2 Å². The van der Waals surface area contributed by atoms with Crippen molar-refractivity contribution in [1.82, 2.24) is 5.32 Å². The number of methoxy groups -OCH3 is 1. The summed E-state index contributed by atoms with van der Waals surface area (Å²) in [6.45, 7) is 5.33. The lowest BCUT2D eigenvalue weighted by Gasteiger charge is -2.03. The van der Waals surface area contributed by atoms with Crippen LogP contribution < -0.4 is 10.1 Å². The van der Waals surface area contributed by atoms with Gasteiger partial charge in [-0.1, -0.05) is 52.9 Å². The van der Waals surface area contributed by atoms with Crippen molar-refractivity contribution in [3.05, 3.63) is 47.0 Å². The summed E-state index contributed by atoms with van der Waals surface area (Å²) in [6.07, 6.45) is 4.11. The van der Waals surface area contributed by atoms with E-state index in [0.29, 0.717) is 0 Å². The van der Waals surface area contributed by atoms with Gasteiger partial charge in [0.1, 0.15) is 5.75 Å². The zero-order valence-electron chi connectivity index (χ0n) is 9.37. The Hall–Kier alpha value is -1.06. The zero-order valence-corrected chi connectivity index (χ0v) is 11.0. The quantitative estimate of drug-likeness (QED) is 0.809. The van der Waals surface area contributed by atoms with Crippen LogP contribution in [0.3, 0.4) is 0 Å². The summed E-state index contributed by atoms with van der Waals surface area (Å²) in [6, 6.07) is 7.94. The van der Waals surface area contributed by atoms with Crippen molar-refractivity contribution in [2.75, 3.05) is 20.2 Å². The molecule has 0 heterocycles. The monoisotopic (exact) mass is 281 g/mol. The Kier molecular flexibility index (Phi) is 5.90. The molecule has 16 heavy (non-hydrogen) atoms. The predicted octanol–water partition coefficient (Wildman–Crippen LogP) is 3.21. The highest BCUT2D eigenvalue weighted by Gasteiger charge is 1.95. The number of benzene rings is 1. The number of hydrogen-bond donors (Lipinski definition) is 1. The first kappa shape index (κ1) is 13.0. The van der Waals surface area contributed by atoms with Crippen LogP contribution in [0, 0.1) is 0 Å². The topological polar surface area (TPSA) is 21.3 Å². The first-order valence-corrected chi connectivity index (χ1v) is 5.87. The molecule has 0 saturated carbocycles. The highest BCUT2D eigenvalue weighted by Crippen LogP contribution is 2.18. The van der Waals surface area contributed by atoms with Crippen molar-refractivity contribution in [2.24, 2.45) is 0 Å². The summed E-state index contributed by atoms with van der Waals surface area (Å²) >= 11 is 3.29. The predicted molar refractivity (Wildman–Crippen MR) is 73.0 cm³/mol. The molecule has 0 bridgehead atoms. The Morgan fingerprint density at radius 2 is 2.25 bits per heavy atom. The molecule has 0 radical (unpaired) electrons. The molecule has 0 atom stereocenters. The minimum absolute atomic E-state index is 0.774. The van der Waals surface area contributed by atoms with E-state index in [1.54, 1.807) is 7.11 Å². The Morgan fingerprint density at radius 1 is 1.50 bits per heavy atom. The average molecular weight is 282 g/mol. The van der Waals surface area contributed by atoms with Crippen molar-refractivity contribution in [3.63, 3.8) is 0 Å². The van der Waals surface area contributed by atoms with Gasteiger partial charge in [-0.3, -0.25) is 0 Å². The van der Waals surface area contributed by atoms with Crippen LogP contribution in [-0.2, 0) is 0 Å². The van der Waals surface area contributed by atoms with Crippen LogP contribution in [0.15, 0.2) is 41.4 Å². The fraction of sp³-hybridized carbons (Fsp3) is 0.231. The minimum Gasteiger partial charge on any atom is -0.496 e. The van der Waals surface area contributed by atoms with Crippen LogP contribution in [0.5, 0.6) is 5.75 Å². The van der Waals surface area contributed by atoms with E-state index >= 15 is 0 Å². The van der Waals surface area contributed by atoms with E-state index < -0.39 is 0 Å². The second kappa shape index (κ2) is 7.25. The molecule has 0 aromatic heterocycles. The number of para-hydroxylation sites is 1. The molecule has 0 spiro atoms. The summed E-state index contributed by atoms with van der Waals surface area (Å²) in [7, 11) is 1.68. The van der Waals surface area contributed by atoms with Crippen molar-refractivity contribution >= 4 is 22.0 Å². The molecule has 3 heteroatoms. The minimum atomic E-state index is 0.774. The summed E-state index contributed by atoms with van der Waals surface area (Å²) in [5.41, 5.74) is 1.09. The average Bonchev–Trinajstić information content (AvgIpc) is 2.29. The number of hydrogen-bond acceptors (Lipinski definition) is 2. The summed E-state index contributed by atoms with van der Waals surface area (Å²) < 4.78 is 6.20. The molecular formula is C13H16BrNO. The van der Waals surface area contributed by atoms with Gasteiger partial charge in [0, 0.05) is 23.1 Å². The number of ether oxygens (including phenoxy) is 1. The smallest absolute Gasteiger partial charge is 0.126 e. The van der Waals surface area contributed by atoms with Gasteiger partial charge >= 0.3 is 0 Å². The van der Waals surface area contributed by atoms with Crippen molar-refractivity contribution in [2.45, 2.75) is 0 Å². The molecule has 1 rings (SSSR count). The van der Waals surface area contributed by atoms with Gasteiger partial charge in [0.2, 0.25) is 0 Å². The summed E-state index contributed by atoms with van der Waals surface area (Å²) in [5.74, 6) is 0.892. The third kappa shape index (κ3) is 4.64. The molecule has 2 nitrogen and oxygen atoms in total. The Bertz CT molecular complexity index is 374. The molecule has 0 fully saturated rings. The van der Waals surface area contributed by atoms with Crippen molar-refractivity contribution in [1.29, 1.82) is 0 Å². The second-order valence-electron chi connectivity index (χ2n) is 3.29. The zero-order chi connectivity index (χ0) is 11.8. The molecule has 1 aromatic rings.